The van der Waals surface area contributed by atoms with Gasteiger partial charge >= 0.3 is 0 Å². The lowest BCUT2D eigenvalue weighted by Crippen LogP contribution is -2.08. The fraction of sp³-hybridized carbons (Fsp3) is 0.333. The van der Waals surface area contributed by atoms with Gasteiger partial charge in [0.25, 0.3) is 0 Å². The second kappa shape index (κ2) is 3.02. The van der Waals surface area contributed by atoms with Gasteiger partial charge in [-0.1, -0.05) is 11.6 Å². The molecule has 0 fully saturated rings. The van der Waals surface area contributed by atoms with E-state index in [0.717, 1.165) is 5.56 Å². The summed E-state index contributed by atoms with van der Waals surface area (Å²) in [4.78, 5) is 0. The van der Waals surface area contributed by atoms with Crippen LogP contribution in [-0.4, -0.2) is 13.3 Å². The van der Waals surface area contributed by atoms with Crippen molar-refractivity contribution >= 4 is 12.4 Å². The van der Waals surface area contributed by atoms with Gasteiger partial charge in [-0.25, -0.2) is 4.39 Å². The van der Waals surface area contributed by atoms with Crippen molar-refractivity contribution in [1.29, 1.82) is 0 Å². The Morgan fingerprint density at radius 3 is 2.33 bits per heavy atom. The van der Waals surface area contributed by atoms with Gasteiger partial charge in [0.2, 0.25) is 0 Å². The van der Waals surface area contributed by atoms with Crippen LogP contribution in [0, 0.1) is 12.7 Å². The Bertz CT molecular complexity index is 340. The standard InChI is InChI=1S/C9H12FOP/c1-7-4-5-8(10)9(6-7)12(2,3)11/h4-6H,1-3H3. The predicted molar refractivity (Wildman–Crippen MR) is 50.2 cm³/mol. The molecule has 0 aromatic heterocycles. The molecule has 0 heterocycles. The van der Waals surface area contributed by atoms with Crippen LogP contribution >= 0.6 is 7.14 Å². The normalized spacial score (nSPS) is 11.7. The third-order valence-electron chi connectivity index (χ3n) is 1.68. The Morgan fingerprint density at radius 1 is 1.33 bits per heavy atom. The number of halogens is 1. The smallest absolute Gasteiger partial charge is 0.133 e. The van der Waals surface area contributed by atoms with Gasteiger partial charge in [0.15, 0.2) is 0 Å². The molecule has 0 aliphatic rings. The molecular weight excluding hydrogens is 174 g/mol. The number of aryl methyl sites for hydroxylation is 1. The Kier molecular flexibility index (Phi) is 2.39. The maximum Gasteiger partial charge on any atom is 0.133 e. The molecule has 12 heavy (non-hydrogen) atoms. The number of benzene rings is 1. The second-order valence-electron chi connectivity index (χ2n) is 3.31. The molecule has 0 saturated carbocycles. The zero-order chi connectivity index (χ0) is 9.35. The van der Waals surface area contributed by atoms with Crippen molar-refractivity contribution in [3.8, 4) is 0 Å². The van der Waals surface area contributed by atoms with E-state index >= 15 is 0 Å². The third kappa shape index (κ3) is 1.95. The fourth-order valence-electron chi connectivity index (χ4n) is 1.04. The highest BCUT2D eigenvalue weighted by atomic mass is 31.2. The molecule has 0 saturated heterocycles. The molecule has 0 spiro atoms. The molecule has 1 aromatic carbocycles. The largest absolute Gasteiger partial charge is 0.319 e. The van der Waals surface area contributed by atoms with Gasteiger partial charge in [0.05, 0.1) is 0 Å². The first-order chi connectivity index (χ1) is 5.41. The van der Waals surface area contributed by atoms with Gasteiger partial charge in [-0.2, -0.15) is 0 Å². The predicted octanol–water partition coefficient (Wildman–Crippen LogP) is 2.38. The van der Waals surface area contributed by atoms with E-state index in [-0.39, 0.29) is 5.82 Å². The maximum absolute atomic E-state index is 13.1. The highest BCUT2D eigenvalue weighted by Crippen LogP contribution is 2.35. The molecule has 66 valence electrons. The van der Waals surface area contributed by atoms with Gasteiger partial charge in [-0.05, 0) is 32.4 Å². The second-order valence-corrected chi connectivity index (χ2v) is 6.49. The van der Waals surface area contributed by atoms with E-state index < -0.39 is 7.14 Å². The van der Waals surface area contributed by atoms with E-state index in [1.807, 2.05) is 6.92 Å². The number of hydrogen-bond donors (Lipinski definition) is 0. The molecule has 0 aliphatic heterocycles. The lowest BCUT2D eigenvalue weighted by molar-refractivity contribution is 0.584. The monoisotopic (exact) mass is 186 g/mol. The van der Waals surface area contributed by atoms with Crippen LogP contribution in [0.15, 0.2) is 18.2 Å². The topological polar surface area (TPSA) is 17.1 Å². The van der Waals surface area contributed by atoms with Crippen molar-refractivity contribution in [3.63, 3.8) is 0 Å². The average molecular weight is 186 g/mol. The lowest BCUT2D eigenvalue weighted by Gasteiger charge is -2.08. The molecule has 0 radical (unpaired) electrons. The molecule has 0 unspecified atom stereocenters. The van der Waals surface area contributed by atoms with Gasteiger partial charge < -0.3 is 4.57 Å². The Morgan fingerprint density at radius 2 is 1.92 bits per heavy atom. The minimum Gasteiger partial charge on any atom is -0.319 e. The summed E-state index contributed by atoms with van der Waals surface area (Å²) >= 11 is 0. The van der Waals surface area contributed by atoms with Crippen molar-refractivity contribution in [2.75, 3.05) is 13.3 Å². The van der Waals surface area contributed by atoms with E-state index in [2.05, 4.69) is 0 Å². The highest BCUT2D eigenvalue weighted by Gasteiger charge is 2.15. The average Bonchev–Trinajstić information content (AvgIpc) is 1.92. The van der Waals surface area contributed by atoms with Gasteiger partial charge in [-0.3, -0.25) is 0 Å². The van der Waals surface area contributed by atoms with Crippen LogP contribution in [0.5, 0.6) is 0 Å². The summed E-state index contributed by atoms with van der Waals surface area (Å²) in [7, 11) is -2.46. The minimum absolute atomic E-state index is 0.350. The summed E-state index contributed by atoms with van der Waals surface area (Å²) in [5.74, 6) is -0.367. The molecule has 0 N–H and O–H groups in total. The quantitative estimate of drug-likeness (QED) is 0.615. The minimum atomic E-state index is -2.46. The Labute approximate surface area is 72.0 Å². The fourth-order valence-corrected chi connectivity index (χ4v) is 2.14. The summed E-state index contributed by atoms with van der Waals surface area (Å²) in [6.07, 6.45) is 0. The van der Waals surface area contributed by atoms with Crippen LogP contribution in [0.2, 0.25) is 0 Å². The van der Waals surface area contributed by atoms with E-state index in [0.29, 0.717) is 5.30 Å². The summed E-state index contributed by atoms with van der Waals surface area (Å²) in [6.45, 7) is 5.01. The van der Waals surface area contributed by atoms with Crippen LogP contribution in [-0.2, 0) is 4.57 Å². The Hall–Kier alpha value is -0.620. The SMILES string of the molecule is Cc1ccc(F)c(P(C)(C)=O)c1. The van der Waals surface area contributed by atoms with Crippen LogP contribution < -0.4 is 5.30 Å². The van der Waals surface area contributed by atoms with Crippen molar-refractivity contribution in [1.82, 2.24) is 0 Å². The van der Waals surface area contributed by atoms with Gasteiger partial charge in [0.1, 0.15) is 13.0 Å². The van der Waals surface area contributed by atoms with Crippen LogP contribution in [0.25, 0.3) is 0 Å². The van der Waals surface area contributed by atoms with E-state index in [9.17, 15) is 8.96 Å². The molecule has 1 aromatic rings. The summed E-state index contributed by atoms with van der Waals surface area (Å²) in [6, 6.07) is 4.69. The van der Waals surface area contributed by atoms with Crippen LogP contribution in [0.4, 0.5) is 4.39 Å². The van der Waals surface area contributed by atoms with Gasteiger partial charge in [0, 0.05) is 5.30 Å². The summed E-state index contributed by atoms with van der Waals surface area (Å²) in [5.41, 5.74) is 0.940. The summed E-state index contributed by atoms with van der Waals surface area (Å²) in [5, 5.41) is 0.350. The molecule has 0 aliphatic carbocycles. The molecule has 3 heteroatoms. The molecule has 1 rings (SSSR count). The highest BCUT2D eigenvalue weighted by molar-refractivity contribution is 7.70. The van der Waals surface area contributed by atoms with E-state index in [1.54, 1.807) is 25.5 Å². The molecule has 0 bridgehead atoms. The molecule has 1 nitrogen and oxygen atoms in total. The van der Waals surface area contributed by atoms with Crippen LogP contribution in [0.1, 0.15) is 5.56 Å². The van der Waals surface area contributed by atoms with Crippen LogP contribution in [0.3, 0.4) is 0 Å². The zero-order valence-corrected chi connectivity index (χ0v) is 8.36. The maximum atomic E-state index is 13.1. The third-order valence-corrected chi connectivity index (χ3v) is 3.18. The molecule has 0 amide bonds. The first-order valence-electron chi connectivity index (χ1n) is 3.73. The number of hydrogen-bond acceptors (Lipinski definition) is 1. The molecular formula is C9H12FOP. The zero-order valence-electron chi connectivity index (χ0n) is 7.47. The first-order valence-corrected chi connectivity index (χ1v) is 6.33. The molecule has 0 atom stereocenters. The van der Waals surface area contributed by atoms with Crippen molar-refractivity contribution < 1.29 is 8.96 Å². The summed E-state index contributed by atoms with van der Waals surface area (Å²) < 4.78 is 24.6. The Balaban J connectivity index is 3.33. The lowest BCUT2D eigenvalue weighted by atomic mass is 10.2. The van der Waals surface area contributed by atoms with Crippen molar-refractivity contribution in [2.45, 2.75) is 6.92 Å². The number of rotatable bonds is 1. The van der Waals surface area contributed by atoms with Gasteiger partial charge in [-0.15, -0.1) is 0 Å². The first kappa shape index (κ1) is 9.47. The van der Waals surface area contributed by atoms with Crippen molar-refractivity contribution in [3.05, 3.63) is 29.6 Å². The van der Waals surface area contributed by atoms with E-state index in [1.165, 1.54) is 6.07 Å². The van der Waals surface area contributed by atoms with E-state index in [4.69, 9.17) is 0 Å². The van der Waals surface area contributed by atoms with Crippen molar-refractivity contribution in [2.24, 2.45) is 0 Å².